The first-order valence-electron chi connectivity index (χ1n) is 6.69. The summed E-state index contributed by atoms with van der Waals surface area (Å²) in [6, 6.07) is 0. The second kappa shape index (κ2) is 4.20. The Labute approximate surface area is 108 Å². The zero-order chi connectivity index (χ0) is 12.9. The summed E-state index contributed by atoms with van der Waals surface area (Å²) < 4.78 is 24.2. The number of fused-ring (bicyclic) bond motifs is 1. The quantitative estimate of drug-likeness (QED) is 0.718. The highest BCUT2D eigenvalue weighted by molar-refractivity contribution is 7.88. The van der Waals surface area contributed by atoms with Gasteiger partial charge in [0.2, 0.25) is 15.9 Å². The maximum absolute atomic E-state index is 12.3. The summed E-state index contributed by atoms with van der Waals surface area (Å²) in [6.07, 6.45) is 4.69. The number of amides is 1. The summed E-state index contributed by atoms with van der Waals surface area (Å²) in [7, 11) is -3.10. The maximum Gasteiger partial charge on any atom is 0.225 e. The topological polar surface area (TPSA) is 57.7 Å². The van der Waals surface area contributed by atoms with E-state index >= 15 is 0 Å². The Hall–Kier alpha value is -0.620. The Morgan fingerprint density at radius 3 is 2.06 bits per heavy atom. The van der Waals surface area contributed by atoms with E-state index in [9.17, 15) is 13.2 Å². The molecule has 0 aromatic carbocycles. The minimum absolute atomic E-state index is 0.221. The average molecular weight is 272 g/mol. The van der Waals surface area contributed by atoms with Crippen LogP contribution in [-0.4, -0.2) is 56.0 Å². The van der Waals surface area contributed by atoms with Gasteiger partial charge in [-0.1, -0.05) is 0 Å². The van der Waals surface area contributed by atoms with Gasteiger partial charge in [0.25, 0.3) is 0 Å². The van der Waals surface area contributed by atoms with Gasteiger partial charge in [-0.25, -0.2) is 8.42 Å². The van der Waals surface area contributed by atoms with Gasteiger partial charge in [0.05, 0.1) is 6.26 Å². The lowest BCUT2D eigenvalue weighted by molar-refractivity contribution is -0.136. The lowest BCUT2D eigenvalue weighted by Gasteiger charge is -2.34. The highest BCUT2D eigenvalue weighted by atomic mass is 32.2. The van der Waals surface area contributed by atoms with Gasteiger partial charge in [0, 0.05) is 32.1 Å². The first-order valence-corrected chi connectivity index (χ1v) is 8.54. The van der Waals surface area contributed by atoms with Crippen molar-refractivity contribution in [3.05, 3.63) is 0 Å². The Bertz CT molecular complexity index is 444. The molecule has 1 heterocycles. The van der Waals surface area contributed by atoms with Crippen LogP contribution in [0.15, 0.2) is 0 Å². The summed E-state index contributed by atoms with van der Waals surface area (Å²) in [5, 5.41) is 0. The molecule has 5 nitrogen and oxygen atoms in total. The van der Waals surface area contributed by atoms with E-state index in [0.29, 0.717) is 26.2 Å². The number of piperazine rings is 1. The van der Waals surface area contributed by atoms with Crippen LogP contribution in [0.2, 0.25) is 0 Å². The third-order valence-corrected chi connectivity index (χ3v) is 5.92. The van der Waals surface area contributed by atoms with Crippen molar-refractivity contribution in [2.75, 3.05) is 32.4 Å². The molecule has 0 N–H and O–H groups in total. The van der Waals surface area contributed by atoms with Crippen molar-refractivity contribution in [1.82, 2.24) is 9.21 Å². The van der Waals surface area contributed by atoms with Crippen molar-refractivity contribution < 1.29 is 13.2 Å². The molecular weight excluding hydrogens is 252 g/mol. The van der Waals surface area contributed by atoms with Crippen LogP contribution >= 0.6 is 0 Å². The van der Waals surface area contributed by atoms with Crippen molar-refractivity contribution in [2.45, 2.75) is 19.3 Å². The lowest BCUT2D eigenvalue weighted by atomic mass is 10.0. The van der Waals surface area contributed by atoms with Crippen LogP contribution < -0.4 is 0 Å². The Balaban J connectivity index is 1.54. The largest absolute Gasteiger partial charge is 0.340 e. The standard InChI is InChI=1S/C12H20N2O3S/c1-18(16,17)14-4-2-13(3-5-14)12(15)11-7-9-6-10(9)8-11/h9-11H,2-8H2,1H3. The molecule has 6 heteroatoms. The summed E-state index contributed by atoms with van der Waals surface area (Å²) >= 11 is 0. The SMILES string of the molecule is CS(=O)(=O)N1CCN(C(=O)C2CC3CC3C2)CC1. The van der Waals surface area contributed by atoms with E-state index in [4.69, 9.17) is 0 Å². The van der Waals surface area contributed by atoms with E-state index in [2.05, 4.69) is 0 Å². The van der Waals surface area contributed by atoms with Gasteiger partial charge in [-0.15, -0.1) is 0 Å². The van der Waals surface area contributed by atoms with Crippen molar-refractivity contribution in [3.63, 3.8) is 0 Å². The molecule has 1 aliphatic heterocycles. The van der Waals surface area contributed by atoms with Crippen LogP contribution in [0, 0.1) is 17.8 Å². The minimum atomic E-state index is -3.10. The summed E-state index contributed by atoms with van der Waals surface area (Å²) in [4.78, 5) is 14.1. The molecule has 3 fully saturated rings. The second-order valence-electron chi connectivity index (χ2n) is 5.91. The fourth-order valence-electron chi connectivity index (χ4n) is 3.41. The number of rotatable bonds is 2. The molecule has 1 amide bonds. The molecule has 0 aromatic heterocycles. The van der Waals surface area contributed by atoms with E-state index in [-0.39, 0.29) is 11.8 Å². The predicted octanol–water partition coefficient (Wildman–Crippen LogP) is 0.136. The van der Waals surface area contributed by atoms with Crippen molar-refractivity contribution in [1.29, 1.82) is 0 Å². The molecule has 2 atom stereocenters. The number of carbonyl (C=O) groups excluding carboxylic acids is 1. The molecule has 3 rings (SSSR count). The summed E-state index contributed by atoms with van der Waals surface area (Å²) in [5.74, 6) is 2.11. The van der Waals surface area contributed by atoms with Crippen molar-refractivity contribution in [2.24, 2.45) is 17.8 Å². The molecule has 2 saturated carbocycles. The predicted molar refractivity (Wildman–Crippen MR) is 67.3 cm³/mol. The van der Waals surface area contributed by atoms with Gasteiger partial charge in [0.1, 0.15) is 0 Å². The van der Waals surface area contributed by atoms with Crippen molar-refractivity contribution >= 4 is 15.9 Å². The van der Waals surface area contributed by atoms with Gasteiger partial charge in [0.15, 0.2) is 0 Å². The molecule has 0 bridgehead atoms. The van der Waals surface area contributed by atoms with Gasteiger partial charge in [-0.05, 0) is 31.1 Å². The van der Waals surface area contributed by atoms with Crippen LogP contribution in [0.4, 0.5) is 0 Å². The zero-order valence-electron chi connectivity index (χ0n) is 10.7. The van der Waals surface area contributed by atoms with Gasteiger partial charge >= 0.3 is 0 Å². The van der Waals surface area contributed by atoms with E-state index in [1.807, 2.05) is 4.90 Å². The van der Waals surface area contributed by atoms with E-state index in [0.717, 1.165) is 24.7 Å². The molecule has 2 aliphatic carbocycles. The van der Waals surface area contributed by atoms with Crippen LogP contribution in [0.25, 0.3) is 0 Å². The highest BCUT2D eigenvalue weighted by Crippen LogP contribution is 2.54. The Morgan fingerprint density at radius 2 is 1.56 bits per heavy atom. The number of sulfonamides is 1. The first-order chi connectivity index (χ1) is 8.45. The van der Waals surface area contributed by atoms with Crippen LogP contribution in [0.3, 0.4) is 0 Å². The van der Waals surface area contributed by atoms with Crippen molar-refractivity contribution in [3.8, 4) is 0 Å². The molecule has 0 radical (unpaired) electrons. The minimum Gasteiger partial charge on any atom is -0.340 e. The third kappa shape index (κ3) is 2.28. The van der Waals surface area contributed by atoms with E-state index in [1.54, 1.807) is 0 Å². The van der Waals surface area contributed by atoms with Gasteiger partial charge in [-0.2, -0.15) is 4.31 Å². The molecule has 0 aromatic rings. The summed E-state index contributed by atoms with van der Waals surface area (Å²) in [5.41, 5.74) is 0. The number of carbonyl (C=O) groups is 1. The normalized spacial score (nSPS) is 36.5. The zero-order valence-corrected chi connectivity index (χ0v) is 11.5. The fraction of sp³-hybridized carbons (Fsp3) is 0.917. The fourth-order valence-corrected chi connectivity index (χ4v) is 4.24. The van der Waals surface area contributed by atoms with Crippen LogP contribution in [0.1, 0.15) is 19.3 Å². The van der Waals surface area contributed by atoms with Gasteiger partial charge < -0.3 is 4.90 Å². The maximum atomic E-state index is 12.3. The third-order valence-electron chi connectivity index (χ3n) is 4.61. The van der Waals surface area contributed by atoms with Crippen LogP contribution in [0.5, 0.6) is 0 Å². The smallest absolute Gasteiger partial charge is 0.225 e. The first kappa shape index (κ1) is 12.4. The highest BCUT2D eigenvalue weighted by Gasteiger charge is 2.49. The number of hydrogen-bond acceptors (Lipinski definition) is 3. The van der Waals surface area contributed by atoms with Crippen LogP contribution in [-0.2, 0) is 14.8 Å². The van der Waals surface area contributed by atoms with Gasteiger partial charge in [-0.3, -0.25) is 4.79 Å². The Kier molecular flexibility index (Phi) is 2.90. The molecule has 18 heavy (non-hydrogen) atoms. The lowest BCUT2D eigenvalue weighted by Crippen LogP contribution is -2.51. The molecule has 0 spiro atoms. The number of nitrogens with zero attached hydrogens (tertiary/aromatic N) is 2. The molecule has 102 valence electrons. The summed E-state index contributed by atoms with van der Waals surface area (Å²) in [6.45, 7) is 2.00. The molecule has 1 saturated heterocycles. The Morgan fingerprint density at radius 1 is 1.00 bits per heavy atom. The average Bonchev–Trinajstić information content (AvgIpc) is 2.94. The molecular formula is C12H20N2O3S. The second-order valence-corrected chi connectivity index (χ2v) is 7.89. The monoisotopic (exact) mass is 272 g/mol. The van der Waals surface area contributed by atoms with E-state index in [1.165, 1.54) is 17.0 Å². The van der Waals surface area contributed by atoms with E-state index < -0.39 is 10.0 Å². The number of hydrogen-bond donors (Lipinski definition) is 0. The molecule has 3 aliphatic rings. The molecule has 2 unspecified atom stereocenters.